The summed E-state index contributed by atoms with van der Waals surface area (Å²) in [5.41, 5.74) is 1.83. The highest BCUT2D eigenvalue weighted by Gasteiger charge is 2.38. The summed E-state index contributed by atoms with van der Waals surface area (Å²) in [6, 6.07) is 6.14. The van der Waals surface area contributed by atoms with E-state index in [1.165, 1.54) is 6.07 Å². The zero-order valence-corrected chi connectivity index (χ0v) is 18.2. The molecule has 4 rings (SSSR count). The van der Waals surface area contributed by atoms with E-state index in [0.29, 0.717) is 43.1 Å². The first kappa shape index (κ1) is 25.2. The fourth-order valence-electron chi connectivity index (χ4n) is 3.37. The molecule has 3 N–H and O–H groups in total. The number of carboxylic acid groups (broad SMARTS) is 1. The lowest BCUT2D eigenvalue weighted by Crippen LogP contribution is -2.46. The van der Waals surface area contributed by atoms with E-state index in [4.69, 9.17) is 21.5 Å². The van der Waals surface area contributed by atoms with Crippen molar-refractivity contribution in [2.75, 3.05) is 26.2 Å². The van der Waals surface area contributed by atoms with Gasteiger partial charge in [-0.3, -0.25) is 9.59 Å². The molecular formula is C21H19ClF4N4O4. The maximum absolute atomic E-state index is 14.3. The Morgan fingerprint density at radius 1 is 1.15 bits per heavy atom. The van der Waals surface area contributed by atoms with Crippen molar-refractivity contribution in [3.63, 3.8) is 0 Å². The van der Waals surface area contributed by atoms with Crippen LogP contribution in [0.4, 0.5) is 17.6 Å². The van der Waals surface area contributed by atoms with Gasteiger partial charge < -0.3 is 24.7 Å². The van der Waals surface area contributed by atoms with Gasteiger partial charge in [0.1, 0.15) is 11.3 Å². The van der Waals surface area contributed by atoms with Gasteiger partial charge in [-0.25, -0.2) is 9.18 Å². The van der Waals surface area contributed by atoms with E-state index in [1.807, 2.05) is 0 Å². The van der Waals surface area contributed by atoms with E-state index in [0.717, 1.165) is 11.3 Å². The first-order valence-electron chi connectivity index (χ1n) is 9.94. The van der Waals surface area contributed by atoms with E-state index in [9.17, 15) is 27.2 Å². The van der Waals surface area contributed by atoms with Crippen LogP contribution in [0, 0.1) is 5.82 Å². The average molecular weight is 503 g/mol. The van der Waals surface area contributed by atoms with E-state index >= 15 is 0 Å². The lowest BCUT2D eigenvalue weighted by Gasteiger charge is -2.27. The number of aromatic amines is 1. The van der Waals surface area contributed by atoms with Gasteiger partial charge in [-0.15, -0.1) is 0 Å². The first-order chi connectivity index (χ1) is 16.0. The Bertz CT molecular complexity index is 1270. The van der Waals surface area contributed by atoms with Gasteiger partial charge in [-0.1, -0.05) is 17.7 Å². The maximum Gasteiger partial charge on any atom is 0.490 e. The van der Waals surface area contributed by atoms with E-state index < -0.39 is 18.0 Å². The third kappa shape index (κ3) is 5.94. The number of aromatic nitrogens is 2. The Hall–Kier alpha value is -3.38. The molecule has 1 saturated heterocycles. The number of carboxylic acids is 1. The van der Waals surface area contributed by atoms with Crippen LogP contribution >= 0.6 is 11.6 Å². The first-order valence-corrected chi connectivity index (χ1v) is 10.3. The number of H-pyrrole nitrogens is 1. The number of amides is 1. The van der Waals surface area contributed by atoms with Crippen LogP contribution < -0.4 is 10.9 Å². The van der Waals surface area contributed by atoms with Crippen LogP contribution in [0.1, 0.15) is 21.6 Å². The van der Waals surface area contributed by atoms with Crippen molar-refractivity contribution in [2.24, 2.45) is 0 Å². The predicted molar refractivity (Wildman–Crippen MR) is 115 cm³/mol. The molecule has 1 aliphatic heterocycles. The molecule has 182 valence electrons. The van der Waals surface area contributed by atoms with Crippen LogP contribution in [-0.2, 0) is 11.2 Å². The number of hydrogen-bond acceptors (Lipinski definition) is 4. The normalized spacial score (nSPS) is 14.0. The summed E-state index contributed by atoms with van der Waals surface area (Å²) in [6.45, 7) is 2.53. The Morgan fingerprint density at radius 3 is 2.41 bits per heavy atom. The molecule has 34 heavy (non-hydrogen) atoms. The molecule has 1 amide bonds. The molecule has 0 aliphatic carbocycles. The topological polar surface area (TPSA) is 107 Å². The SMILES string of the molecule is O=C(O)C(F)(F)F.O=C(c1cc(Cc2c[nH]c(=O)c3cc(Cl)cn23)ccc1F)N1CCNCC1. The molecule has 1 aliphatic rings. The van der Waals surface area contributed by atoms with Gasteiger partial charge in [0.25, 0.3) is 11.5 Å². The van der Waals surface area contributed by atoms with Crippen LogP contribution in [0.2, 0.25) is 5.02 Å². The molecule has 2 aromatic heterocycles. The minimum absolute atomic E-state index is 0.0700. The van der Waals surface area contributed by atoms with Gasteiger partial charge in [-0.05, 0) is 23.8 Å². The van der Waals surface area contributed by atoms with Crippen molar-refractivity contribution < 1.29 is 32.3 Å². The molecule has 1 aromatic carbocycles. The summed E-state index contributed by atoms with van der Waals surface area (Å²) in [4.78, 5) is 37.8. The minimum Gasteiger partial charge on any atom is -0.475 e. The highest BCUT2D eigenvalue weighted by Crippen LogP contribution is 2.19. The standard InChI is InChI=1S/C19H18ClFN4O2.C2HF3O2/c20-13-9-17-18(26)23-10-14(25(17)11-13)7-12-1-2-16(21)15(8-12)19(27)24-5-3-22-4-6-24;3-2(4,5)1(6)7/h1-2,8-11,22H,3-7H2,(H,23,26);(H,6,7). The van der Waals surface area contributed by atoms with Crippen LogP contribution in [0.15, 0.2) is 41.5 Å². The van der Waals surface area contributed by atoms with Gasteiger partial charge in [0, 0.05) is 50.7 Å². The summed E-state index contributed by atoms with van der Waals surface area (Å²) < 4.78 is 47.7. The highest BCUT2D eigenvalue weighted by atomic mass is 35.5. The number of benzene rings is 1. The molecule has 13 heteroatoms. The van der Waals surface area contributed by atoms with Crippen molar-refractivity contribution in [1.29, 1.82) is 0 Å². The van der Waals surface area contributed by atoms with E-state index in [2.05, 4.69) is 10.3 Å². The van der Waals surface area contributed by atoms with E-state index in [-0.39, 0.29) is 17.0 Å². The third-order valence-electron chi connectivity index (χ3n) is 4.99. The highest BCUT2D eigenvalue weighted by molar-refractivity contribution is 6.31. The number of alkyl halides is 3. The second-order valence-corrected chi connectivity index (χ2v) is 7.80. The Balaban J connectivity index is 0.000000406. The van der Waals surface area contributed by atoms with Gasteiger partial charge >= 0.3 is 12.1 Å². The van der Waals surface area contributed by atoms with Crippen molar-refractivity contribution in [1.82, 2.24) is 19.6 Å². The number of hydrogen-bond donors (Lipinski definition) is 3. The maximum atomic E-state index is 14.3. The Morgan fingerprint density at radius 2 is 1.79 bits per heavy atom. The molecule has 0 saturated carbocycles. The summed E-state index contributed by atoms with van der Waals surface area (Å²) in [6.07, 6.45) is -1.40. The lowest BCUT2D eigenvalue weighted by molar-refractivity contribution is -0.192. The molecule has 0 bridgehead atoms. The summed E-state index contributed by atoms with van der Waals surface area (Å²) in [7, 11) is 0. The van der Waals surface area contributed by atoms with Crippen LogP contribution in [0.3, 0.4) is 0 Å². The third-order valence-corrected chi connectivity index (χ3v) is 5.20. The van der Waals surface area contributed by atoms with Crippen molar-refractivity contribution >= 4 is 29.0 Å². The average Bonchev–Trinajstić information content (AvgIpc) is 3.19. The number of halogens is 5. The minimum atomic E-state index is -5.08. The lowest BCUT2D eigenvalue weighted by atomic mass is 10.0. The fraction of sp³-hybridized carbons (Fsp3) is 0.286. The second-order valence-electron chi connectivity index (χ2n) is 7.36. The molecule has 0 radical (unpaired) electrons. The van der Waals surface area contributed by atoms with E-state index in [1.54, 1.807) is 39.9 Å². The molecule has 0 unspecified atom stereocenters. The van der Waals surface area contributed by atoms with Gasteiger partial charge in [-0.2, -0.15) is 13.2 Å². The second kappa shape index (κ2) is 10.3. The van der Waals surface area contributed by atoms with Crippen molar-refractivity contribution in [3.8, 4) is 0 Å². The zero-order valence-electron chi connectivity index (χ0n) is 17.5. The van der Waals surface area contributed by atoms with Crippen molar-refractivity contribution in [3.05, 3.63) is 74.7 Å². The number of rotatable bonds is 3. The number of carbonyl (C=O) groups excluding carboxylic acids is 1. The zero-order chi connectivity index (χ0) is 25.0. The molecule has 0 spiro atoms. The molecule has 0 atom stereocenters. The summed E-state index contributed by atoms with van der Waals surface area (Å²) in [5, 5.41) is 10.8. The molecule has 3 aromatic rings. The molecule has 3 heterocycles. The van der Waals surface area contributed by atoms with Gasteiger partial charge in [0.2, 0.25) is 0 Å². The number of nitrogens with zero attached hydrogens (tertiary/aromatic N) is 2. The smallest absolute Gasteiger partial charge is 0.475 e. The van der Waals surface area contributed by atoms with Gasteiger partial charge in [0.15, 0.2) is 0 Å². The summed E-state index contributed by atoms with van der Waals surface area (Å²) in [5.74, 6) is -3.59. The molecular weight excluding hydrogens is 484 g/mol. The quantitative estimate of drug-likeness (QED) is 0.477. The van der Waals surface area contributed by atoms with Crippen LogP contribution in [0.5, 0.6) is 0 Å². The number of carbonyl (C=O) groups is 2. The number of fused-ring (bicyclic) bond motifs is 1. The number of aliphatic carboxylic acids is 1. The van der Waals surface area contributed by atoms with Crippen LogP contribution in [-0.4, -0.2) is 63.6 Å². The fourth-order valence-corrected chi connectivity index (χ4v) is 3.57. The number of piperazine rings is 1. The van der Waals surface area contributed by atoms with Crippen molar-refractivity contribution in [2.45, 2.75) is 12.6 Å². The molecule has 1 fully saturated rings. The summed E-state index contributed by atoms with van der Waals surface area (Å²) >= 11 is 6.03. The predicted octanol–water partition coefficient (Wildman–Crippen LogP) is 2.69. The monoisotopic (exact) mass is 502 g/mol. The molecule has 8 nitrogen and oxygen atoms in total. The van der Waals surface area contributed by atoms with Gasteiger partial charge in [0.05, 0.1) is 10.6 Å². The number of nitrogens with one attached hydrogen (secondary N) is 2. The van der Waals surface area contributed by atoms with Crippen LogP contribution in [0.25, 0.3) is 5.52 Å². The largest absolute Gasteiger partial charge is 0.490 e. The Labute approximate surface area is 194 Å². The Kier molecular flexibility index (Phi) is 7.62.